The van der Waals surface area contributed by atoms with Gasteiger partial charge >= 0.3 is 81.7 Å². The summed E-state index contributed by atoms with van der Waals surface area (Å²) in [5.74, 6) is -0.332. The van der Waals surface area contributed by atoms with Crippen molar-refractivity contribution < 1.29 is 18.4 Å². The van der Waals surface area contributed by atoms with Crippen LogP contribution in [0.2, 0.25) is 5.82 Å². The topological polar surface area (TPSA) is 52.6 Å². The Morgan fingerprint density at radius 2 is 2.31 bits per heavy atom. The van der Waals surface area contributed by atoms with Crippen LogP contribution in [-0.4, -0.2) is 33.1 Å². The first kappa shape index (κ1) is 11.5. The van der Waals surface area contributed by atoms with Gasteiger partial charge in [-0.1, -0.05) is 0 Å². The van der Waals surface area contributed by atoms with Crippen molar-refractivity contribution in [3.8, 4) is 0 Å². The molecule has 0 radical (unpaired) electrons. The van der Waals surface area contributed by atoms with Crippen LogP contribution >= 0.6 is 17.9 Å². The molecule has 0 N–H and O–H groups in total. The Bertz CT molecular complexity index is 205. The SMILES string of the molecule is BO[C@@H]1C[C@H](P=O)[C@@H](B=O)[C@H]1OP. The van der Waals surface area contributed by atoms with Crippen molar-refractivity contribution in [2.24, 2.45) is 0 Å². The molecule has 8 heteroatoms. The molecule has 70 valence electrons. The molecule has 1 aliphatic carbocycles. The van der Waals surface area contributed by atoms with Gasteiger partial charge in [-0.25, -0.2) is 0 Å². The number of hydrogen-bond acceptors (Lipinski definition) is 4. The molecule has 1 unspecified atom stereocenters. The maximum atomic E-state index is 10.7. The molecule has 0 aromatic carbocycles. The Morgan fingerprint density at radius 3 is 2.69 bits per heavy atom. The van der Waals surface area contributed by atoms with Gasteiger partial charge < -0.3 is 0 Å². The summed E-state index contributed by atoms with van der Waals surface area (Å²) in [5, 5.41) is 0. The predicted molar refractivity (Wildman–Crippen MR) is 54.2 cm³/mol. The summed E-state index contributed by atoms with van der Waals surface area (Å²) in [6.07, 6.45) is 0.169. The third-order valence-corrected chi connectivity index (χ3v) is 3.56. The molecule has 0 aromatic rings. The van der Waals surface area contributed by atoms with Crippen molar-refractivity contribution in [2.45, 2.75) is 30.1 Å². The first-order chi connectivity index (χ1) is 6.28. The zero-order chi connectivity index (χ0) is 9.84. The minimum atomic E-state index is -0.332. The van der Waals surface area contributed by atoms with E-state index in [9.17, 15) is 9.27 Å². The number of hydrogen-bond donors (Lipinski definition) is 0. The van der Waals surface area contributed by atoms with Crippen molar-refractivity contribution in [3.63, 3.8) is 0 Å². The Balaban J connectivity index is 2.76. The van der Waals surface area contributed by atoms with Crippen LogP contribution in [0, 0.1) is 0 Å². The first-order valence-corrected chi connectivity index (χ1v) is 5.29. The van der Waals surface area contributed by atoms with Crippen LogP contribution in [0.15, 0.2) is 0 Å². The summed E-state index contributed by atoms with van der Waals surface area (Å²) >= 11 is 0. The second kappa shape index (κ2) is 5.31. The van der Waals surface area contributed by atoms with Crippen molar-refractivity contribution in [2.75, 3.05) is 0 Å². The van der Waals surface area contributed by atoms with Gasteiger partial charge in [-0.15, -0.1) is 0 Å². The normalized spacial score (nSPS) is 39.2. The fraction of sp³-hybridized carbons (Fsp3) is 1.00. The Kier molecular flexibility index (Phi) is 4.68. The summed E-state index contributed by atoms with van der Waals surface area (Å²) in [6.45, 7) is 0. The third kappa shape index (κ3) is 2.24. The van der Waals surface area contributed by atoms with Crippen molar-refractivity contribution >= 4 is 33.1 Å². The quantitative estimate of drug-likeness (QED) is 0.491. The molecule has 1 fully saturated rings. The van der Waals surface area contributed by atoms with Crippen LogP contribution in [0.3, 0.4) is 0 Å². The summed E-state index contributed by atoms with van der Waals surface area (Å²) in [6, 6.07) is 0. The number of rotatable bonds is 4. The molecule has 0 saturated heterocycles. The summed E-state index contributed by atoms with van der Waals surface area (Å²) in [5.41, 5.74) is -0.173. The molecule has 0 heterocycles. The van der Waals surface area contributed by atoms with Gasteiger partial charge in [0.05, 0.1) is 0 Å². The van der Waals surface area contributed by atoms with Gasteiger partial charge in [0.25, 0.3) is 0 Å². The molecule has 0 bridgehead atoms. The molecule has 0 aliphatic heterocycles. The molecule has 1 aliphatic rings. The van der Waals surface area contributed by atoms with E-state index in [1.807, 2.05) is 0 Å². The summed E-state index contributed by atoms with van der Waals surface area (Å²) < 4.78 is 31.6. The molecule has 0 spiro atoms. The molecule has 13 heavy (non-hydrogen) atoms. The van der Waals surface area contributed by atoms with E-state index < -0.39 is 0 Å². The van der Waals surface area contributed by atoms with Crippen molar-refractivity contribution in [1.82, 2.24) is 0 Å². The zero-order valence-corrected chi connectivity index (χ0v) is 9.30. The van der Waals surface area contributed by atoms with Gasteiger partial charge in [0, 0.05) is 0 Å². The van der Waals surface area contributed by atoms with Crippen LogP contribution in [0.4, 0.5) is 0 Å². The fourth-order valence-corrected chi connectivity index (χ4v) is 2.72. The van der Waals surface area contributed by atoms with Crippen molar-refractivity contribution in [3.05, 3.63) is 0 Å². The third-order valence-electron chi connectivity index (χ3n) is 2.42. The minimum absolute atomic E-state index is 0.0106. The Labute approximate surface area is 82.3 Å². The van der Waals surface area contributed by atoms with Gasteiger partial charge in [0.15, 0.2) is 0 Å². The zero-order valence-electron chi connectivity index (χ0n) is 7.25. The Hall–Kier alpha value is 0.380. The van der Waals surface area contributed by atoms with Gasteiger partial charge in [0.1, 0.15) is 0 Å². The van der Waals surface area contributed by atoms with Crippen LogP contribution in [-0.2, 0) is 18.4 Å². The molecule has 0 amide bonds. The molecule has 4 nitrogen and oxygen atoms in total. The molecular weight excluding hydrogens is 208 g/mol. The summed E-state index contributed by atoms with van der Waals surface area (Å²) in [4.78, 5) is 0. The Morgan fingerprint density at radius 1 is 1.62 bits per heavy atom. The molecular formula is C5H10B2O4P2. The van der Waals surface area contributed by atoms with E-state index in [1.54, 1.807) is 8.05 Å². The predicted octanol–water partition coefficient (Wildman–Crippen LogP) is -0.00280. The monoisotopic (exact) mass is 218 g/mol. The molecule has 0 aromatic heterocycles. The molecule has 1 rings (SSSR count). The van der Waals surface area contributed by atoms with Gasteiger partial charge in [-0.05, 0) is 0 Å². The van der Waals surface area contributed by atoms with Crippen molar-refractivity contribution in [1.29, 1.82) is 0 Å². The molecule has 5 atom stereocenters. The van der Waals surface area contributed by atoms with E-state index >= 15 is 0 Å². The second-order valence-electron chi connectivity index (χ2n) is 3.00. The average Bonchev–Trinajstić information content (AvgIpc) is 2.54. The van der Waals surface area contributed by atoms with Gasteiger partial charge in [-0.2, -0.15) is 0 Å². The van der Waals surface area contributed by atoms with Crippen LogP contribution in [0.5, 0.6) is 0 Å². The van der Waals surface area contributed by atoms with E-state index in [2.05, 4.69) is 9.47 Å². The van der Waals surface area contributed by atoms with E-state index in [0.717, 1.165) is 7.15 Å². The van der Waals surface area contributed by atoms with E-state index in [1.165, 1.54) is 0 Å². The second-order valence-corrected chi connectivity index (χ2v) is 4.14. The van der Waals surface area contributed by atoms with Crippen LogP contribution in [0.1, 0.15) is 6.42 Å². The first-order valence-electron chi connectivity index (χ1n) is 3.94. The van der Waals surface area contributed by atoms with Gasteiger partial charge in [0.2, 0.25) is 0 Å². The maximum absolute atomic E-state index is 10.7. The molecule has 1 saturated carbocycles. The van der Waals surface area contributed by atoms with E-state index in [-0.39, 0.29) is 32.1 Å². The van der Waals surface area contributed by atoms with Crippen LogP contribution < -0.4 is 0 Å². The standard InChI is InChI=1S/C5H10B2O4P2/c6-10-2-1-3(13-9)4(7-8)5(2)11-12/h2-5H,1,6,12H2/t2-,3+,4-,5+/m1/s1. The van der Waals surface area contributed by atoms with E-state index in [0.29, 0.717) is 6.42 Å². The van der Waals surface area contributed by atoms with Gasteiger partial charge in [-0.3, -0.25) is 0 Å². The van der Waals surface area contributed by atoms with Crippen LogP contribution in [0.25, 0.3) is 0 Å². The van der Waals surface area contributed by atoms with E-state index in [4.69, 9.17) is 9.18 Å². The summed E-state index contributed by atoms with van der Waals surface area (Å²) in [7, 11) is 4.47. The average molecular weight is 218 g/mol. The fourth-order valence-electron chi connectivity index (χ4n) is 1.69.